The fourth-order valence-corrected chi connectivity index (χ4v) is 7.34. The number of fused-ring (bicyclic) bond motifs is 6. The first-order valence-corrected chi connectivity index (χ1v) is 14.3. The van der Waals surface area contributed by atoms with Gasteiger partial charge in [-0.15, -0.1) is 0 Å². The number of ketones is 2. The maximum Gasteiger partial charge on any atom is 0.238 e. The molecule has 0 unspecified atom stereocenters. The molecule has 4 aromatic rings. The van der Waals surface area contributed by atoms with Gasteiger partial charge in [-0.3, -0.25) is 14.4 Å². The fourth-order valence-electron chi connectivity index (χ4n) is 7.34. The van der Waals surface area contributed by atoms with Gasteiger partial charge < -0.3 is 24.4 Å². The summed E-state index contributed by atoms with van der Waals surface area (Å²) in [6.45, 7) is 0. The van der Waals surface area contributed by atoms with E-state index in [9.17, 15) is 9.59 Å². The minimum absolute atomic E-state index is 0.254. The molecule has 8 nitrogen and oxygen atoms in total. The molecule has 4 aromatic carbocycles. The molecule has 4 atom stereocenters. The van der Waals surface area contributed by atoms with E-state index >= 15 is 4.79 Å². The van der Waals surface area contributed by atoms with Crippen molar-refractivity contribution in [2.45, 2.75) is 17.5 Å². The number of para-hydroxylation sites is 2. The molecule has 1 N–H and O–H groups in total. The summed E-state index contributed by atoms with van der Waals surface area (Å²) in [6.07, 6.45) is 3.78. The number of amides is 1. The minimum Gasteiger partial charge on any atom is -0.497 e. The summed E-state index contributed by atoms with van der Waals surface area (Å²) in [5, 5.41) is 3.07. The van der Waals surface area contributed by atoms with Crippen molar-refractivity contribution in [3.8, 4) is 17.2 Å². The molecule has 0 bridgehead atoms. The van der Waals surface area contributed by atoms with Crippen molar-refractivity contribution in [3.05, 3.63) is 125 Å². The molecule has 3 aliphatic rings. The number of hydrogen-bond donors (Lipinski definition) is 1. The van der Waals surface area contributed by atoms with Gasteiger partial charge in [-0.25, -0.2) is 0 Å². The Bertz CT molecular complexity index is 1870. The first-order chi connectivity index (χ1) is 21.4. The highest BCUT2D eigenvalue weighted by molar-refractivity contribution is 6.17. The molecule has 1 fully saturated rings. The highest BCUT2D eigenvalue weighted by Crippen LogP contribution is 2.62. The smallest absolute Gasteiger partial charge is 0.238 e. The van der Waals surface area contributed by atoms with Gasteiger partial charge >= 0.3 is 0 Å². The van der Waals surface area contributed by atoms with E-state index < -0.39 is 23.4 Å². The molecule has 0 radical (unpaired) electrons. The number of carbonyl (C=O) groups excluding carboxylic acids is 3. The quantitative estimate of drug-likeness (QED) is 0.278. The van der Waals surface area contributed by atoms with E-state index in [1.165, 1.54) is 21.3 Å². The van der Waals surface area contributed by atoms with Crippen molar-refractivity contribution in [1.29, 1.82) is 0 Å². The lowest BCUT2D eigenvalue weighted by Crippen LogP contribution is -2.49. The van der Waals surface area contributed by atoms with Crippen LogP contribution in [0.3, 0.4) is 0 Å². The van der Waals surface area contributed by atoms with Crippen molar-refractivity contribution in [2.24, 2.45) is 5.92 Å². The molecule has 1 spiro atoms. The number of nitrogens with one attached hydrogen (secondary N) is 1. The Labute approximate surface area is 254 Å². The number of anilines is 1. The average Bonchev–Trinajstić information content (AvgIpc) is 3.55. The maximum absolute atomic E-state index is 15.2. The Kier molecular flexibility index (Phi) is 6.50. The van der Waals surface area contributed by atoms with Gasteiger partial charge in [-0.1, -0.05) is 54.6 Å². The summed E-state index contributed by atoms with van der Waals surface area (Å²) < 4.78 is 16.7. The lowest BCUT2D eigenvalue weighted by molar-refractivity contribution is -0.122. The van der Waals surface area contributed by atoms with Crippen LogP contribution in [0.4, 0.5) is 5.69 Å². The van der Waals surface area contributed by atoms with E-state index in [0.29, 0.717) is 34.1 Å². The van der Waals surface area contributed by atoms with Crippen LogP contribution in [0.5, 0.6) is 17.2 Å². The van der Waals surface area contributed by atoms with Crippen LogP contribution in [-0.2, 0) is 10.2 Å². The van der Waals surface area contributed by atoms with E-state index in [1.807, 2.05) is 65.7 Å². The predicted octanol–water partition coefficient (Wildman–Crippen LogP) is 5.69. The van der Waals surface area contributed by atoms with Crippen molar-refractivity contribution in [1.82, 2.24) is 4.90 Å². The van der Waals surface area contributed by atoms with E-state index in [4.69, 9.17) is 14.2 Å². The first kappa shape index (κ1) is 27.5. The van der Waals surface area contributed by atoms with Crippen LogP contribution < -0.4 is 19.5 Å². The average molecular weight is 587 g/mol. The SMILES string of the molecule is COc1ccc(C(=O)[C@@H]2[C@@H](C(=O)c3ccccc3OC)N3C=Cc4ccccc4[C@@H]3[C@]23C(=O)Nc2ccccc23)c(OC)c1. The number of benzene rings is 4. The largest absolute Gasteiger partial charge is 0.497 e. The zero-order valence-electron chi connectivity index (χ0n) is 24.4. The molecule has 8 heteroatoms. The summed E-state index contributed by atoms with van der Waals surface area (Å²) >= 11 is 0. The van der Waals surface area contributed by atoms with E-state index in [2.05, 4.69) is 5.32 Å². The molecule has 3 aliphatic heterocycles. The van der Waals surface area contributed by atoms with Gasteiger partial charge in [0.1, 0.15) is 28.7 Å². The van der Waals surface area contributed by atoms with Crippen LogP contribution in [0.2, 0.25) is 0 Å². The monoisotopic (exact) mass is 586 g/mol. The number of methoxy groups -OCH3 is 3. The van der Waals surface area contributed by atoms with Gasteiger partial charge in [-0.2, -0.15) is 0 Å². The third-order valence-electron chi connectivity index (χ3n) is 9.17. The third-order valence-corrected chi connectivity index (χ3v) is 9.17. The van der Waals surface area contributed by atoms with Gasteiger partial charge in [0.2, 0.25) is 5.91 Å². The second-order valence-electron chi connectivity index (χ2n) is 11.1. The predicted molar refractivity (Wildman–Crippen MR) is 165 cm³/mol. The minimum atomic E-state index is -1.46. The molecular formula is C36H30N2O6. The fraction of sp³-hybridized carbons (Fsp3) is 0.194. The van der Waals surface area contributed by atoms with Crippen LogP contribution in [0.25, 0.3) is 6.08 Å². The van der Waals surface area contributed by atoms with Crippen molar-refractivity contribution in [2.75, 3.05) is 26.6 Å². The Hall–Kier alpha value is -5.37. The standard InChI is InChI=1S/C36H30N2O6/c1-42-22-16-17-25(29(20-22)44-3)32(39)30-31(33(40)24-12-6-9-15-28(24)43-2)38-19-18-21-10-4-5-11-23(21)34(38)36(30)26-13-7-8-14-27(26)37-35(36)41/h4-20,30-31,34H,1-3H3,(H,37,41)/t30-,31-,34+,36+/m0/s1. The molecular weight excluding hydrogens is 556 g/mol. The third kappa shape index (κ3) is 3.73. The second-order valence-corrected chi connectivity index (χ2v) is 11.1. The highest BCUT2D eigenvalue weighted by atomic mass is 16.5. The molecule has 0 aromatic heterocycles. The van der Waals surface area contributed by atoms with Crippen LogP contribution in [0.1, 0.15) is 43.4 Å². The zero-order valence-corrected chi connectivity index (χ0v) is 24.4. The summed E-state index contributed by atoms with van der Waals surface area (Å²) in [7, 11) is 4.52. The second kappa shape index (κ2) is 10.4. The van der Waals surface area contributed by atoms with E-state index in [-0.39, 0.29) is 23.0 Å². The molecule has 0 saturated carbocycles. The van der Waals surface area contributed by atoms with E-state index in [1.54, 1.807) is 42.5 Å². The molecule has 1 saturated heterocycles. The Balaban J connectivity index is 1.55. The summed E-state index contributed by atoms with van der Waals surface area (Å²) in [5.74, 6) is -0.992. The summed E-state index contributed by atoms with van der Waals surface area (Å²) in [5.41, 5.74) is 2.20. The topological polar surface area (TPSA) is 94.2 Å². The van der Waals surface area contributed by atoms with Crippen molar-refractivity contribution < 1.29 is 28.6 Å². The van der Waals surface area contributed by atoms with Crippen molar-refractivity contribution >= 4 is 29.2 Å². The number of Topliss-reactive ketones (excluding diaryl/α,β-unsaturated/α-hetero) is 2. The summed E-state index contributed by atoms with van der Waals surface area (Å²) in [6, 6.07) is 25.4. The van der Waals surface area contributed by atoms with Gasteiger partial charge in [0.05, 0.1) is 44.4 Å². The van der Waals surface area contributed by atoms with Crippen molar-refractivity contribution in [3.63, 3.8) is 0 Å². The summed E-state index contributed by atoms with van der Waals surface area (Å²) in [4.78, 5) is 46.6. The molecule has 0 aliphatic carbocycles. The van der Waals surface area contributed by atoms with Gasteiger partial charge in [-0.05, 0) is 53.1 Å². The number of rotatable bonds is 7. The number of nitrogens with zero attached hydrogens (tertiary/aromatic N) is 1. The van der Waals surface area contributed by atoms with Crippen LogP contribution in [-0.4, -0.2) is 49.7 Å². The molecule has 44 heavy (non-hydrogen) atoms. The lowest BCUT2D eigenvalue weighted by Gasteiger charge is -2.38. The van der Waals surface area contributed by atoms with Crippen LogP contribution >= 0.6 is 0 Å². The Morgan fingerprint density at radius 2 is 1.48 bits per heavy atom. The normalized spacial score (nSPS) is 22.6. The zero-order chi connectivity index (χ0) is 30.6. The lowest BCUT2D eigenvalue weighted by atomic mass is 9.62. The van der Waals surface area contributed by atoms with Crippen LogP contribution in [0.15, 0.2) is 97.2 Å². The highest BCUT2D eigenvalue weighted by Gasteiger charge is 2.71. The maximum atomic E-state index is 15.2. The molecule has 220 valence electrons. The molecule has 3 heterocycles. The van der Waals surface area contributed by atoms with Gasteiger partial charge in [0.25, 0.3) is 0 Å². The molecule has 7 rings (SSSR count). The molecule has 1 amide bonds. The van der Waals surface area contributed by atoms with Gasteiger partial charge in [0, 0.05) is 18.0 Å². The Morgan fingerprint density at radius 3 is 2.27 bits per heavy atom. The Morgan fingerprint density at radius 1 is 0.773 bits per heavy atom. The number of hydrogen-bond acceptors (Lipinski definition) is 7. The van der Waals surface area contributed by atoms with Crippen LogP contribution in [0, 0.1) is 5.92 Å². The van der Waals surface area contributed by atoms with E-state index in [0.717, 1.165) is 11.1 Å². The number of ether oxygens (including phenoxy) is 3. The number of carbonyl (C=O) groups is 3. The van der Waals surface area contributed by atoms with Gasteiger partial charge in [0.15, 0.2) is 11.6 Å². The first-order valence-electron chi connectivity index (χ1n) is 14.3.